The molecular formula is C17H24N2O2S. The fourth-order valence-corrected chi connectivity index (χ4v) is 4.50. The van der Waals surface area contributed by atoms with E-state index in [1.807, 2.05) is 48.7 Å². The Hall–Kier alpha value is -1.04. The molecule has 2 aliphatic heterocycles. The molecule has 0 aliphatic carbocycles. The van der Waals surface area contributed by atoms with Gasteiger partial charge in [0.25, 0.3) is 0 Å². The number of carbonyl (C=O) groups excluding carboxylic acids is 1. The number of anilines is 1. The van der Waals surface area contributed by atoms with E-state index in [1.165, 1.54) is 4.90 Å². The zero-order valence-corrected chi connectivity index (χ0v) is 14.1. The number of amides is 1. The summed E-state index contributed by atoms with van der Waals surface area (Å²) in [6.45, 7) is 5.74. The van der Waals surface area contributed by atoms with Crippen LogP contribution in [0.1, 0.15) is 26.7 Å². The summed E-state index contributed by atoms with van der Waals surface area (Å²) in [6, 6.07) is 8.18. The molecule has 0 bridgehead atoms. The predicted octanol–water partition coefficient (Wildman–Crippen LogP) is 2.36. The Bertz CT molecular complexity index is 556. The van der Waals surface area contributed by atoms with Crippen LogP contribution in [0.5, 0.6) is 0 Å². The second-order valence-corrected chi connectivity index (χ2v) is 7.78. The van der Waals surface area contributed by atoms with Gasteiger partial charge in [-0.25, -0.2) is 0 Å². The summed E-state index contributed by atoms with van der Waals surface area (Å²) < 4.78 is 0. The van der Waals surface area contributed by atoms with Crippen molar-refractivity contribution in [1.29, 1.82) is 0 Å². The van der Waals surface area contributed by atoms with Gasteiger partial charge in [0.2, 0.25) is 5.91 Å². The summed E-state index contributed by atoms with van der Waals surface area (Å²) in [4.78, 5) is 18.0. The van der Waals surface area contributed by atoms with Gasteiger partial charge in [0.15, 0.2) is 0 Å². The molecule has 0 spiro atoms. The molecule has 1 amide bonds. The van der Waals surface area contributed by atoms with E-state index in [9.17, 15) is 9.90 Å². The number of hydrogen-bond acceptors (Lipinski definition) is 4. The molecule has 2 heterocycles. The molecule has 1 aromatic carbocycles. The van der Waals surface area contributed by atoms with Crippen LogP contribution in [0.4, 0.5) is 5.69 Å². The van der Waals surface area contributed by atoms with Crippen molar-refractivity contribution in [3.63, 3.8) is 0 Å². The average Bonchev–Trinajstić information content (AvgIpc) is 2.95. The Balaban J connectivity index is 1.73. The third-order valence-electron chi connectivity index (χ3n) is 4.55. The number of aliphatic hydroxyl groups is 1. The summed E-state index contributed by atoms with van der Waals surface area (Å²) in [5, 5.41) is 10.3. The molecule has 3 rings (SSSR count). The second-order valence-electron chi connectivity index (χ2n) is 6.64. The van der Waals surface area contributed by atoms with Crippen LogP contribution >= 0.6 is 11.8 Å². The first kappa shape index (κ1) is 15.8. The number of carbonyl (C=O) groups is 1. The van der Waals surface area contributed by atoms with Gasteiger partial charge in [0, 0.05) is 23.2 Å². The molecule has 0 saturated carbocycles. The van der Waals surface area contributed by atoms with Crippen LogP contribution in [0.25, 0.3) is 0 Å². The molecular weight excluding hydrogens is 296 g/mol. The van der Waals surface area contributed by atoms with Crippen molar-refractivity contribution in [3.8, 4) is 0 Å². The van der Waals surface area contributed by atoms with Crippen molar-refractivity contribution in [2.24, 2.45) is 0 Å². The Labute approximate surface area is 136 Å². The Morgan fingerprint density at radius 2 is 2.14 bits per heavy atom. The summed E-state index contributed by atoms with van der Waals surface area (Å²) in [5.74, 6) is 1.08. The molecule has 1 aromatic rings. The highest BCUT2D eigenvalue weighted by Crippen LogP contribution is 2.35. The zero-order valence-electron chi connectivity index (χ0n) is 13.3. The van der Waals surface area contributed by atoms with Crippen LogP contribution in [0.15, 0.2) is 29.2 Å². The fourth-order valence-electron chi connectivity index (χ4n) is 3.50. The predicted molar refractivity (Wildman–Crippen MR) is 90.4 cm³/mol. The van der Waals surface area contributed by atoms with Gasteiger partial charge < -0.3 is 10.0 Å². The lowest BCUT2D eigenvalue weighted by molar-refractivity contribution is -0.121. The third kappa shape index (κ3) is 3.16. The number of benzene rings is 1. The van der Waals surface area contributed by atoms with E-state index >= 15 is 0 Å². The molecule has 0 aromatic heterocycles. The lowest BCUT2D eigenvalue weighted by Crippen LogP contribution is -2.50. The second kappa shape index (κ2) is 6.22. The molecule has 1 saturated heterocycles. The maximum Gasteiger partial charge on any atom is 0.241 e. The van der Waals surface area contributed by atoms with Crippen molar-refractivity contribution in [3.05, 3.63) is 24.3 Å². The monoisotopic (exact) mass is 320 g/mol. The van der Waals surface area contributed by atoms with Crippen LogP contribution < -0.4 is 4.90 Å². The molecule has 1 atom stereocenters. The van der Waals surface area contributed by atoms with E-state index in [-0.39, 0.29) is 11.9 Å². The van der Waals surface area contributed by atoms with E-state index in [0.717, 1.165) is 37.4 Å². The van der Waals surface area contributed by atoms with Gasteiger partial charge in [0.05, 0.1) is 17.8 Å². The standard InChI is InChI=1S/C17H24N2O2S/c1-17(2,21)15-8-5-9-18(15)12-16(20)19-10-11-22-14-7-4-3-6-13(14)19/h3-4,6-7,15,21H,5,8-12H2,1-2H3. The largest absolute Gasteiger partial charge is 0.389 e. The minimum Gasteiger partial charge on any atom is -0.389 e. The van der Waals surface area contributed by atoms with E-state index in [4.69, 9.17) is 0 Å². The van der Waals surface area contributed by atoms with Gasteiger partial charge in [-0.3, -0.25) is 9.69 Å². The van der Waals surface area contributed by atoms with E-state index in [2.05, 4.69) is 11.0 Å². The molecule has 1 unspecified atom stereocenters. The van der Waals surface area contributed by atoms with Crippen molar-refractivity contribution in [1.82, 2.24) is 4.90 Å². The molecule has 1 fully saturated rings. The van der Waals surface area contributed by atoms with Gasteiger partial charge in [-0.05, 0) is 45.4 Å². The minimum absolute atomic E-state index is 0.0749. The van der Waals surface area contributed by atoms with Gasteiger partial charge in [0.1, 0.15) is 0 Å². The van der Waals surface area contributed by atoms with Crippen molar-refractivity contribution >= 4 is 23.4 Å². The average molecular weight is 320 g/mol. The van der Waals surface area contributed by atoms with Crippen LogP contribution in [-0.4, -0.2) is 52.9 Å². The zero-order chi connectivity index (χ0) is 15.7. The number of hydrogen-bond donors (Lipinski definition) is 1. The Kier molecular flexibility index (Phi) is 4.48. The van der Waals surface area contributed by atoms with Crippen molar-refractivity contribution < 1.29 is 9.90 Å². The van der Waals surface area contributed by atoms with Crippen LogP contribution in [-0.2, 0) is 4.79 Å². The van der Waals surface area contributed by atoms with E-state index in [0.29, 0.717) is 6.54 Å². The molecule has 2 aliphatic rings. The molecule has 22 heavy (non-hydrogen) atoms. The van der Waals surface area contributed by atoms with Gasteiger partial charge in [-0.15, -0.1) is 11.8 Å². The molecule has 4 nitrogen and oxygen atoms in total. The number of likely N-dealkylation sites (tertiary alicyclic amines) is 1. The van der Waals surface area contributed by atoms with E-state index < -0.39 is 5.60 Å². The normalized spacial score (nSPS) is 22.7. The highest BCUT2D eigenvalue weighted by Gasteiger charge is 2.37. The van der Waals surface area contributed by atoms with E-state index in [1.54, 1.807) is 0 Å². The number of rotatable bonds is 3. The summed E-state index contributed by atoms with van der Waals surface area (Å²) in [5.41, 5.74) is 0.273. The first-order valence-corrected chi connectivity index (χ1v) is 8.94. The van der Waals surface area contributed by atoms with Gasteiger partial charge >= 0.3 is 0 Å². The quantitative estimate of drug-likeness (QED) is 0.928. The topological polar surface area (TPSA) is 43.8 Å². The number of fused-ring (bicyclic) bond motifs is 1. The number of nitrogens with zero attached hydrogens (tertiary/aromatic N) is 2. The minimum atomic E-state index is -0.758. The third-order valence-corrected chi connectivity index (χ3v) is 5.59. The van der Waals surface area contributed by atoms with Gasteiger partial charge in [-0.1, -0.05) is 12.1 Å². The Morgan fingerprint density at radius 1 is 1.36 bits per heavy atom. The van der Waals surface area contributed by atoms with Crippen LogP contribution in [0.3, 0.4) is 0 Å². The highest BCUT2D eigenvalue weighted by molar-refractivity contribution is 7.99. The highest BCUT2D eigenvalue weighted by atomic mass is 32.2. The summed E-state index contributed by atoms with van der Waals surface area (Å²) in [7, 11) is 0. The lowest BCUT2D eigenvalue weighted by atomic mass is 9.97. The number of thioether (sulfide) groups is 1. The van der Waals surface area contributed by atoms with Crippen LogP contribution in [0, 0.1) is 0 Å². The van der Waals surface area contributed by atoms with Gasteiger partial charge in [-0.2, -0.15) is 0 Å². The molecule has 0 radical (unpaired) electrons. The fraction of sp³-hybridized carbons (Fsp3) is 0.588. The molecule has 120 valence electrons. The first-order chi connectivity index (χ1) is 10.5. The molecule has 1 N–H and O–H groups in total. The first-order valence-electron chi connectivity index (χ1n) is 7.95. The maximum atomic E-state index is 12.8. The lowest BCUT2D eigenvalue weighted by Gasteiger charge is -2.35. The van der Waals surface area contributed by atoms with Crippen LogP contribution in [0.2, 0.25) is 0 Å². The SMILES string of the molecule is CC(C)(O)C1CCCN1CC(=O)N1CCSc2ccccc21. The maximum absolute atomic E-state index is 12.8. The number of para-hydroxylation sites is 1. The Morgan fingerprint density at radius 3 is 2.91 bits per heavy atom. The summed E-state index contributed by atoms with van der Waals surface area (Å²) in [6.07, 6.45) is 2.01. The summed E-state index contributed by atoms with van der Waals surface area (Å²) >= 11 is 1.81. The van der Waals surface area contributed by atoms with Crippen molar-refractivity contribution in [2.45, 2.75) is 43.2 Å². The smallest absolute Gasteiger partial charge is 0.241 e. The molecule has 5 heteroatoms. The van der Waals surface area contributed by atoms with Crippen molar-refractivity contribution in [2.75, 3.05) is 30.3 Å².